The van der Waals surface area contributed by atoms with Gasteiger partial charge in [0.1, 0.15) is 5.60 Å². The van der Waals surface area contributed by atoms with E-state index in [1.807, 2.05) is 4.90 Å². The molecule has 0 spiro atoms. The summed E-state index contributed by atoms with van der Waals surface area (Å²) in [5, 5.41) is 2.74. The number of piperidine rings is 1. The van der Waals surface area contributed by atoms with Gasteiger partial charge in [-0.2, -0.15) is 0 Å². The Morgan fingerprint density at radius 1 is 1.10 bits per heavy atom. The number of likely N-dealkylation sites (N-methyl/N-ethyl adjacent to an activating group) is 1. The van der Waals surface area contributed by atoms with E-state index in [1.165, 1.54) is 17.4 Å². The number of hydrogen-bond acceptors (Lipinski definition) is 4. The summed E-state index contributed by atoms with van der Waals surface area (Å²) in [5.41, 5.74) is 0.670. The van der Waals surface area contributed by atoms with Crippen LogP contribution in [0.5, 0.6) is 0 Å². The molecule has 1 aromatic carbocycles. The molecule has 1 N–H and O–H groups in total. The molecule has 0 unspecified atom stereocenters. The first-order valence-corrected chi connectivity index (χ1v) is 9.97. The number of likely N-dealkylation sites (tertiary alicyclic amines) is 1. The molecule has 1 aliphatic heterocycles. The SMILES string of the molecule is CN(C/C=C/C(=O)Nc1ccc(C(=O)N2CCCCC2)cc1)C(=O)OC(C)(C)C. The predicted molar refractivity (Wildman–Crippen MR) is 113 cm³/mol. The molecule has 158 valence electrons. The maximum atomic E-state index is 12.5. The van der Waals surface area contributed by atoms with Gasteiger partial charge in [0.25, 0.3) is 5.91 Å². The number of carbonyl (C=O) groups is 3. The van der Waals surface area contributed by atoms with Crippen LogP contribution in [0.15, 0.2) is 36.4 Å². The molecular formula is C22H31N3O4. The average Bonchev–Trinajstić information content (AvgIpc) is 2.67. The molecule has 7 heteroatoms. The summed E-state index contributed by atoms with van der Waals surface area (Å²) in [5.74, 6) is -0.273. The summed E-state index contributed by atoms with van der Waals surface area (Å²) in [6.45, 7) is 7.26. The Labute approximate surface area is 172 Å². The van der Waals surface area contributed by atoms with Gasteiger partial charge >= 0.3 is 6.09 Å². The van der Waals surface area contributed by atoms with Gasteiger partial charge in [-0.25, -0.2) is 4.79 Å². The van der Waals surface area contributed by atoms with Gasteiger partial charge in [0.2, 0.25) is 5.91 Å². The fraction of sp³-hybridized carbons (Fsp3) is 0.500. The fourth-order valence-electron chi connectivity index (χ4n) is 2.89. The summed E-state index contributed by atoms with van der Waals surface area (Å²) >= 11 is 0. The molecule has 3 amide bonds. The lowest BCUT2D eigenvalue weighted by Crippen LogP contribution is -2.35. The molecule has 0 radical (unpaired) electrons. The van der Waals surface area contributed by atoms with E-state index in [2.05, 4.69) is 5.32 Å². The smallest absolute Gasteiger partial charge is 0.410 e. The van der Waals surface area contributed by atoms with Crippen LogP contribution >= 0.6 is 0 Å². The largest absolute Gasteiger partial charge is 0.444 e. The number of hydrogen-bond donors (Lipinski definition) is 1. The van der Waals surface area contributed by atoms with E-state index in [1.54, 1.807) is 58.2 Å². The van der Waals surface area contributed by atoms with Crippen molar-refractivity contribution in [1.82, 2.24) is 9.80 Å². The van der Waals surface area contributed by atoms with Crippen LogP contribution in [0.4, 0.5) is 10.5 Å². The monoisotopic (exact) mass is 401 g/mol. The number of anilines is 1. The number of carbonyl (C=O) groups excluding carboxylic acids is 3. The van der Waals surface area contributed by atoms with E-state index in [-0.39, 0.29) is 18.4 Å². The number of rotatable bonds is 5. The highest BCUT2D eigenvalue weighted by molar-refractivity contribution is 6.00. The molecule has 1 fully saturated rings. The molecule has 1 saturated heterocycles. The highest BCUT2D eigenvalue weighted by Gasteiger charge is 2.19. The van der Waals surface area contributed by atoms with Gasteiger partial charge in [0.05, 0.1) is 0 Å². The second kappa shape index (κ2) is 10.1. The van der Waals surface area contributed by atoms with E-state index >= 15 is 0 Å². The minimum absolute atomic E-state index is 0.0349. The van der Waals surface area contributed by atoms with Gasteiger partial charge in [-0.3, -0.25) is 9.59 Å². The number of benzene rings is 1. The van der Waals surface area contributed by atoms with Crippen molar-refractivity contribution in [2.45, 2.75) is 45.6 Å². The predicted octanol–water partition coefficient (Wildman–Crippen LogP) is 3.67. The summed E-state index contributed by atoms with van der Waals surface area (Å²) in [4.78, 5) is 39.6. The van der Waals surface area contributed by atoms with Gasteiger partial charge in [-0.05, 0) is 64.3 Å². The van der Waals surface area contributed by atoms with Gasteiger partial charge < -0.3 is 19.9 Å². The number of nitrogens with one attached hydrogen (secondary N) is 1. The zero-order chi connectivity index (χ0) is 21.4. The number of ether oxygens (including phenoxy) is 1. The Bertz CT molecular complexity index is 744. The molecule has 29 heavy (non-hydrogen) atoms. The molecule has 0 saturated carbocycles. The third kappa shape index (κ3) is 7.60. The molecule has 0 aromatic heterocycles. The Morgan fingerprint density at radius 3 is 2.31 bits per heavy atom. The van der Waals surface area contributed by atoms with Gasteiger partial charge in [-0.1, -0.05) is 6.08 Å². The van der Waals surface area contributed by atoms with Crippen LogP contribution in [-0.2, 0) is 9.53 Å². The van der Waals surface area contributed by atoms with E-state index in [9.17, 15) is 14.4 Å². The highest BCUT2D eigenvalue weighted by Crippen LogP contribution is 2.15. The van der Waals surface area contributed by atoms with Crippen LogP contribution in [-0.4, -0.2) is 60.0 Å². The quantitative estimate of drug-likeness (QED) is 0.764. The van der Waals surface area contributed by atoms with Crippen molar-refractivity contribution >= 4 is 23.6 Å². The van der Waals surface area contributed by atoms with Crippen molar-refractivity contribution < 1.29 is 19.1 Å². The Hall–Kier alpha value is -2.83. The normalized spacial score (nSPS) is 14.6. The van der Waals surface area contributed by atoms with Gasteiger partial charge in [0.15, 0.2) is 0 Å². The van der Waals surface area contributed by atoms with E-state index in [4.69, 9.17) is 4.74 Å². The second-order valence-electron chi connectivity index (χ2n) is 8.18. The van der Waals surface area contributed by atoms with Crippen LogP contribution in [0.25, 0.3) is 0 Å². The third-order valence-electron chi connectivity index (χ3n) is 4.40. The molecule has 1 aromatic rings. The molecule has 1 heterocycles. The lowest BCUT2D eigenvalue weighted by atomic mass is 10.1. The summed E-state index contributed by atoms with van der Waals surface area (Å²) in [6.07, 6.45) is 5.79. The first-order chi connectivity index (χ1) is 13.7. The fourth-order valence-corrected chi connectivity index (χ4v) is 2.89. The molecule has 0 atom stereocenters. The first-order valence-electron chi connectivity index (χ1n) is 9.97. The minimum Gasteiger partial charge on any atom is -0.444 e. The van der Waals surface area contributed by atoms with Crippen molar-refractivity contribution in [3.63, 3.8) is 0 Å². The third-order valence-corrected chi connectivity index (χ3v) is 4.40. The summed E-state index contributed by atoms with van der Waals surface area (Å²) in [6, 6.07) is 6.89. The van der Waals surface area contributed by atoms with Crippen LogP contribution in [0, 0.1) is 0 Å². The van der Waals surface area contributed by atoms with Crippen LogP contribution in [0.3, 0.4) is 0 Å². The van der Waals surface area contributed by atoms with Crippen LogP contribution < -0.4 is 5.32 Å². The highest BCUT2D eigenvalue weighted by atomic mass is 16.6. The zero-order valence-corrected chi connectivity index (χ0v) is 17.7. The van der Waals surface area contributed by atoms with Crippen molar-refractivity contribution in [2.24, 2.45) is 0 Å². The second-order valence-corrected chi connectivity index (χ2v) is 8.18. The molecule has 0 bridgehead atoms. The Balaban J connectivity index is 1.82. The molecular weight excluding hydrogens is 370 g/mol. The lowest BCUT2D eigenvalue weighted by molar-refractivity contribution is -0.111. The van der Waals surface area contributed by atoms with Crippen molar-refractivity contribution in [3.8, 4) is 0 Å². The van der Waals surface area contributed by atoms with Gasteiger partial charge in [0, 0.05) is 44.0 Å². The standard InChI is InChI=1S/C22H31N3O4/c1-22(2,3)29-21(28)24(4)14-8-9-19(26)23-18-12-10-17(11-13-18)20(27)25-15-6-5-7-16-25/h8-13H,5-7,14-16H2,1-4H3,(H,23,26)/b9-8+. The number of amides is 3. The lowest BCUT2D eigenvalue weighted by Gasteiger charge is -2.26. The first kappa shape index (κ1) is 22.5. The van der Waals surface area contributed by atoms with Gasteiger partial charge in [-0.15, -0.1) is 0 Å². The number of nitrogens with zero attached hydrogens (tertiary/aromatic N) is 2. The van der Waals surface area contributed by atoms with Crippen molar-refractivity contribution in [1.29, 1.82) is 0 Å². The Morgan fingerprint density at radius 2 is 1.72 bits per heavy atom. The van der Waals surface area contributed by atoms with Crippen LogP contribution in [0.2, 0.25) is 0 Å². The maximum absolute atomic E-state index is 12.5. The topological polar surface area (TPSA) is 79.0 Å². The van der Waals surface area contributed by atoms with Crippen molar-refractivity contribution in [2.75, 3.05) is 32.0 Å². The average molecular weight is 402 g/mol. The molecule has 2 rings (SSSR count). The molecule has 0 aliphatic carbocycles. The Kier molecular flexibility index (Phi) is 7.82. The van der Waals surface area contributed by atoms with Crippen molar-refractivity contribution in [3.05, 3.63) is 42.0 Å². The summed E-state index contributed by atoms with van der Waals surface area (Å²) in [7, 11) is 1.61. The molecule has 1 aliphatic rings. The molecule has 7 nitrogen and oxygen atoms in total. The van der Waals surface area contributed by atoms with E-state index in [0.717, 1.165) is 25.9 Å². The summed E-state index contributed by atoms with van der Waals surface area (Å²) < 4.78 is 5.25. The van der Waals surface area contributed by atoms with Crippen LogP contribution in [0.1, 0.15) is 50.4 Å². The van der Waals surface area contributed by atoms with E-state index < -0.39 is 11.7 Å². The van der Waals surface area contributed by atoms with E-state index in [0.29, 0.717) is 11.3 Å². The maximum Gasteiger partial charge on any atom is 0.410 e. The minimum atomic E-state index is -0.562. The zero-order valence-electron chi connectivity index (χ0n) is 17.7.